The van der Waals surface area contributed by atoms with Gasteiger partial charge in [0.25, 0.3) is 5.91 Å². The highest BCUT2D eigenvalue weighted by Crippen LogP contribution is 2.29. The summed E-state index contributed by atoms with van der Waals surface area (Å²) in [5.74, 6) is -0.117. The van der Waals surface area contributed by atoms with Crippen LogP contribution in [0.5, 0.6) is 11.5 Å². The molecular formula is C16H19N3O3. The summed E-state index contributed by atoms with van der Waals surface area (Å²) in [6, 6.07) is 4.94. The predicted molar refractivity (Wildman–Crippen MR) is 81.3 cm³/mol. The number of hydrogen-bond acceptors (Lipinski definition) is 4. The maximum atomic E-state index is 12.4. The van der Waals surface area contributed by atoms with Crippen molar-refractivity contribution in [3.63, 3.8) is 0 Å². The van der Waals surface area contributed by atoms with Crippen LogP contribution in [0.2, 0.25) is 0 Å². The van der Waals surface area contributed by atoms with Gasteiger partial charge >= 0.3 is 0 Å². The van der Waals surface area contributed by atoms with E-state index < -0.39 is 0 Å². The number of H-pyrrole nitrogens is 1. The molecule has 0 aliphatic heterocycles. The van der Waals surface area contributed by atoms with Crippen LogP contribution in [0.3, 0.4) is 0 Å². The molecule has 0 saturated heterocycles. The van der Waals surface area contributed by atoms with E-state index in [0.29, 0.717) is 5.75 Å². The van der Waals surface area contributed by atoms with Gasteiger partial charge in [-0.3, -0.25) is 9.89 Å². The van der Waals surface area contributed by atoms with Crippen LogP contribution in [0.1, 0.15) is 33.7 Å². The van der Waals surface area contributed by atoms with Crippen LogP contribution < -0.4 is 10.1 Å². The maximum Gasteiger partial charge on any atom is 0.255 e. The van der Waals surface area contributed by atoms with Crippen molar-refractivity contribution in [2.24, 2.45) is 0 Å². The maximum absolute atomic E-state index is 12.4. The van der Waals surface area contributed by atoms with E-state index in [0.717, 1.165) is 30.7 Å². The molecule has 1 atom stereocenters. The van der Waals surface area contributed by atoms with Crippen molar-refractivity contribution < 1.29 is 14.6 Å². The zero-order chi connectivity index (χ0) is 15.7. The van der Waals surface area contributed by atoms with E-state index in [1.54, 1.807) is 18.2 Å². The van der Waals surface area contributed by atoms with Crippen molar-refractivity contribution in [2.75, 3.05) is 7.11 Å². The summed E-state index contributed by atoms with van der Waals surface area (Å²) >= 11 is 0. The Bertz CT molecular complexity index is 709. The molecule has 0 fully saturated rings. The molecule has 0 radical (unpaired) electrons. The summed E-state index contributed by atoms with van der Waals surface area (Å²) in [6.45, 7) is 1.99. The minimum atomic E-state index is -0.286. The third-order valence-electron chi connectivity index (χ3n) is 4.14. The highest BCUT2D eigenvalue weighted by atomic mass is 16.5. The zero-order valence-corrected chi connectivity index (χ0v) is 12.6. The molecule has 0 spiro atoms. The SMILES string of the molecule is COc1cccc(C(=O)NC2CCc3n[nH]c(C)c3C2)c1O. The smallest absolute Gasteiger partial charge is 0.255 e. The van der Waals surface area contributed by atoms with Gasteiger partial charge in [0, 0.05) is 11.7 Å². The number of phenolic OH excluding ortho intramolecular Hbond substituents is 1. The van der Waals surface area contributed by atoms with E-state index in [1.807, 2.05) is 6.92 Å². The Labute approximate surface area is 128 Å². The van der Waals surface area contributed by atoms with E-state index in [-0.39, 0.29) is 23.3 Å². The Balaban J connectivity index is 1.74. The Hall–Kier alpha value is -2.50. The lowest BCUT2D eigenvalue weighted by Gasteiger charge is -2.23. The minimum Gasteiger partial charge on any atom is -0.504 e. The molecule has 6 heteroatoms. The second-order valence-corrected chi connectivity index (χ2v) is 5.54. The molecule has 1 aliphatic carbocycles. The number of para-hydroxylation sites is 1. The average Bonchev–Trinajstić information content (AvgIpc) is 2.88. The number of ether oxygens (including phenoxy) is 1. The lowest BCUT2D eigenvalue weighted by molar-refractivity contribution is 0.0930. The number of phenols is 1. The van der Waals surface area contributed by atoms with E-state index in [4.69, 9.17) is 4.74 Å². The van der Waals surface area contributed by atoms with Gasteiger partial charge in [0.05, 0.1) is 18.4 Å². The van der Waals surface area contributed by atoms with Gasteiger partial charge in [-0.25, -0.2) is 0 Å². The van der Waals surface area contributed by atoms with Crippen LogP contribution >= 0.6 is 0 Å². The number of aromatic hydroxyl groups is 1. The summed E-state index contributed by atoms with van der Waals surface area (Å²) in [5.41, 5.74) is 3.56. The highest BCUT2D eigenvalue weighted by molar-refractivity contribution is 5.97. The second-order valence-electron chi connectivity index (χ2n) is 5.54. The van der Waals surface area contributed by atoms with Gasteiger partial charge in [-0.15, -0.1) is 0 Å². The Kier molecular flexibility index (Phi) is 3.75. The molecule has 6 nitrogen and oxygen atoms in total. The van der Waals surface area contributed by atoms with E-state index in [1.165, 1.54) is 12.7 Å². The van der Waals surface area contributed by atoms with Gasteiger partial charge in [-0.2, -0.15) is 5.10 Å². The number of methoxy groups -OCH3 is 1. The molecule has 0 saturated carbocycles. The van der Waals surface area contributed by atoms with Crippen LogP contribution in [0.25, 0.3) is 0 Å². The summed E-state index contributed by atoms with van der Waals surface area (Å²) in [4.78, 5) is 12.4. The second kappa shape index (κ2) is 5.71. The van der Waals surface area contributed by atoms with Crippen molar-refractivity contribution in [3.05, 3.63) is 40.7 Å². The summed E-state index contributed by atoms with van der Waals surface area (Å²) < 4.78 is 5.04. The zero-order valence-electron chi connectivity index (χ0n) is 12.6. The summed E-state index contributed by atoms with van der Waals surface area (Å²) in [7, 11) is 1.46. The number of fused-ring (bicyclic) bond motifs is 1. The van der Waals surface area contributed by atoms with Gasteiger partial charge in [0.1, 0.15) is 0 Å². The summed E-state index contributed by atoms with van der Waals surface area (Å²) in [6.07, 6.45) is 2.44. The molecule has 116 valence electrons. The fourth-order valence-electron chi connectivity index (χ4n) is 2.90. The number of carbonyl (C=O) groups excluding carboxylic acids is 1. The first-order chi connectivity index (χ1) is 10.6. The molecule has 1 heterocycles. The number of hydrogen-bond donors (Lipinski definition) is 3. The molecule has 3 N–H and O–H groups in total. The number of aryl methyl sites for hydroxylation is 2. The Morgan fingerprint density at radius 1 is 1.50 bits per heavy atom. The average molecular weight is 301 g/mol. The number of rotatable bonds is 3. The van der Waals surface area contributed by atoms with Crippen LogP contribution in [0.15, 0.2) is 18.2 Å². The minimum absolute atomic E-state index is 0.0434. The number of benzene rings is 1. The third kappa shape index (κ3) is 2.52. The molecule has 22 heavy (non-hydrogen) atoms. The van der Waals surface area contributed by atoms with Gasteiger partial charge in [-0.1, -0.05) is 6.07 Å². The third-order valence-corrected chi connectivity index (χ3v) is 4.14. The van der Waals surface area contributed by atoms with E-state index in [9.17, 15) is 9.90 Å². The monoisotopic (exact) mass is 301 g/mol. The number of carbonyl (C=O) groups is 1. The highest BCUT2D eigenvalue weighted by Gasteiger charge is 2.25. The van der Waals surface area contributed by atoms with Gasteiger partial charge < -0.3 is 15.2 Å². The molecular weight excluding hydrogens is 282 g/mol. The normalized spacial score (nSPS) is 16.9. The Morgan fingerprint density at radius 3 is 3.09 bits per heavy atom. The van der Waals surface area contributed by atoms with Crippen molar-refractivity contribution >= 4 is 5.91 Å². The first-order valence-corrected chi connectivity index (χ1v) is 7.29. The molecule has 0 bridgehead atoms. The standard InChI is InChI=1S/C16H19N3O3/c1-9-12-8-10(6-7-13(12)19-18-9)17-16(21)11-4-3-5-14(22-2)15(11)20/h3-5,10,20H,6-8H2,1-2H3,(H,17,21)(H,18,19). The molecule has 3 rings (SSSR count). The first kappa shape index (κ1) is 14.4. The van der Waals surface area contributed by atoms with Crippen molar-refractivity contribution in [1.82, 2.24) is 15.5 Å². The lowest BCUT2D eigenvalue weighted by atomic mass is 9.91. The van der Waals surface area contributed by atoms with Gasteiger partial charge in [-0.05, 0) is 43.9 Å². The molecule has 1 aromatic carbocycles. The quantitative estimate of drug-likeness (QED) is 0.805. The number of nitrogens with one attached hydrogen (secondary N) is 2. The number of aromatic amines is 1. The lowest BCUT2D eigenvalue weighted by Crippen LogP contribution is -2.38. The van der Waals surface area contributed by atoms with Crippen LogP contribution in [0, 0.1) is 6.92 Å². The fourth-order valence-corrected chi connectivity index (χ4v) is 2.90. The van der Waals surface area contributed by atoms with Crippen molar-refractivity contribution in [3.8, 4) is 11.5 Å². The van der Waals surface area contributed by atoms with E-state index >= 15 is 0 Å². The number of aromatic nitrogens is 2. The first-order valence-electron chi connectivity index (χ1n) is 7.29. The van der Waals surface area contributed by atoms with Crippen LogP contribution in [-0.4, -0.2) is 34.4 Å². The largest absolute Gasteiger partial charge is 0.504 e. The summed E-state index contributed by atoms with van der Waals surface area (Å²) in [5, 5.41) is 20.3. The van der Waals surface area contributed by atoms with E-state index in [2.05, 4.69) is 15.5 Å². The van der Waals surface area contributed by atoms with Crippen molar-refractivity contribution in [2.45, 2.75) is 32.2 Å². The van der Waals surface area contributed by atoms with Crippen molar-refractivity contribution in [1.29, 1.82) is 0 Å². The fraction of sp³-hybridized carbons (Fsp3) is 0.375. The van der Waals surface area contributed by atoms with Crippen LogP contribution in [-0.2, 0) is 12.8 Å². The topological polar surface area (TPSA) is 87.2 Å². The molecule has 1 amide bonds. The molecule has 1 unspecified atom stereocenters. The predicted octanol–water partition coefficient (Wildman–Crippen LogP) is 1.72. The molecule has 2 aromatic rings. The molecule has 1 aliphatic rings. The number of nitrogens with zero attached hydrogens (tertiary/aromatic N) is 1. The van der Waals surface area contributed by atoms with Gasteiger partial charge in [0.2, 0.25) is 0 Å². The number of amides is 1. The molecule has 1 aromatic heterocycles. The van der Waals surface area contributed by atoms with Crippen LogP contribution in [0.4, 0.5) is 0 Å². The Morgan fingerprint density at radius 2 is 2.32 bits per heavy atom. The van der Waals surface area contributed by atoms with Gasteiger partial charge in [0.15, 0.2) is 11.5 Å².